The highest BCUT2D eigenvalue weighted by Crippen LogP contribution is 2.47. The molecule has 4 bridgehead atoms. The molecule has 1 aliphatic heterocycles. The number of aromatic nitrogens is 3. The number of amides is 1. The van der Waals surface area contributed by atoms with Crippen molar-refractivity contribution in [1.82, 2.24) is 15.2 Å². The Kier molecular flexibility index (Phi) is 9.40. The first-order chi connectivity index (χ1) is 21.2. The quantitative estimate of drug-likeness (QED) is 0.220. The van der Waals surface area contributed by atoms with Crippen LogP contribution in [0, 0.1) is 5.41 Å². The van der Waals surface area contributed by atoms with E-state index in [9.17, 15) is 22.8 Å². The molecular formula is C31H32F6N4O5. The summed E-state index contributed by atoms with van der Waals surface area (Å²) in [5.41, 5.74) is -8.74. The smallest absolute Gasteiger partial charge is 0.426 e. The maximum Gasteiger partial charge on any atom is 0.426 e. The van der Waals surface area contributed by atoms with Gasteiger partial charge >= 0.3 is 18.4 Å². The van der Waals surface area contributed by atoms with E-state index in [1.54, 1.807) is 44.2 Å². The fourth-order valence-electron chi connectivity index (χ4n) is 4.65. The maximum atomic E-state index is 15.0. The lowest BCUT2D eigenvalue weighted by molar-refractivity contribution is -0.295. The largest absolute Gasteiger partial charge is 0.444 e. The Hall–Kier alpha value is -4.27. The summed E-state index contributed by atoms with van der Waals surface area (Å²) in [5.74, 6) is -2.87. The lowest BCUT2D eigenvalue weighted by Crippen LogP contribution is -2.45. The molecule has 0 fully saturated rings. The van der Waals surface area contributed by atoms with Gasteiger partial charge in [-0.25, -0.2) is 9.78 Å². The van der Waals surface area contributed by atoms with Crippen molar-refractivity contribution in [3.05, 3.63) is 71.3 Å². The highest BCUT2D eigenvalue weighted by molar-refractivity contribution is 5.98. The summed E-state index contributed by atoms with van der Waals surface area (Å²) >= 11 is 0. The summed E-state index contributed by atoms with van der Waals surface area (Å²) in [4.78, 5) is 29.9. The fraction of sp³-hybridized carbons (Fsp3) is 0.452. The van der Waals surface area contributed by atoms with Gasteiger partial charge in [0.15, 0.2) is 11.5 Å². The summed E-state index contributed by atoms with van der Waals surface area (Å²) in [6.07, 6.45) is -10.1. The van der Waals surface area contributed by atoms with Crippen molar-refractivity contribution in [2.24, 2.45) is 5.41 Å². The molecule has 248 valence electrons. The first-order valence-electron chi connectivity index (χ1n) is 14.1. The predicted molar refractivity (Wildman–Crippen MR) is 152 cm³/mol. The molecular weight excluding hydrogens is 622 g/mol. The number of hydrogen-bond acceptors (Lipinski definition) is 8. The molecule has 1 aromatic carbocycles. The summed E-state index contributed by atoms with van der Waals surface area (Å²) in [6.45, 7) is 7.16. The molecule has 1 N–H and O–H groups in total. The minimum Gasteiger partial charge on any atom is -0.444 e. The molecule has 3 heterocycles. The number of halogens is 6. The van der Waals surface area contributed by atoms with Crippen LogP contribution in [0.15, 0.2) is 53.0 Å². The third kappa shape index (κ3) is 7.92. The average Bonchev–Trinajstić information content (AvgIpc) is 3.40. The number of Topliss-reactive ketones (excluding diaryl/α,β-unsaturated/α-hetero) is 1. The van der Waals surface area contributed by atoms with Crippen LogP contribution in [0.5, 0.6) is 0 Å². The molecule has 9 nitrogen and oxygen atoms in total. The van der Waals surface area contributed by atoms with Gasteiger partial charge in [0.2, 0.25) is 5.60 Å². The number of fused-ring (bicyclic) bond motifs is 5. The van der Waals surface area contributed by atoms with E-state index in [4.69, 9.17) is 13.9 Å². The van der Waals surface area contributed by atoms with E-state index in [2.05, 4.69) is 20.5 Å². The lowest BCUT2D eigenvalue weighted by Gasteiger charge is -2.32. The van der Waals surface area contributed by atoms with Crippen LogP contribution in [0.2, 0.25) is 0 Å². The van der Waals surface area contributed by atoms with Crippen LogP contribution in [-0.2, 0) is 27.9 Å². The number of anilines is 1. The number of alkyl halides is 6. The lowest BCUT2D eigenvalue weighted by atomic mass is 9.82. The van der Waals surface area contributed by atoms with Crippen molar-refractivity contribution in [3.8, 4) is 11.6 Å². The van der Waals surface area contributed by atoms with Gasteiger partial charge in [-0.1, -0.05) is 56.3 Å². The Morgan fingerprint density at radius 3 is 2.24 bits per heavy atom. The number of carbonyl (C=O) groups is 2. The molecule has 1 amide bonds. The standard InChI is InChI=1S/C31H32F6N4O5/c1-27(2,3)46-26(43)38-20-15-19(30(32,33)34)22-21(42)16-28(4,5)13-9-10-14-29(31(35,36)37,44-17-18-11-7-6-8-12-18)25-41-40-24(45-25)23(20)39-22/h6-12,15H,13-14,16-17H2,1-5H3,(H,38,43)/b10-9+. The molecule has 0 saturated carbocycles. The minimum atomic E-state index is -5.13. The second-order valence-electron chi connectivity index (χ2n) is 12.6. The van der Waals surface area contributed by atoms with E-state index in [0.717, 1.165) is 0 Å². The van der Waals surface area contributed by atoms with Crippen LogP contribution in [0.3, 0.4) is 0 Å². The Labute approximate surface area is 260 Å². The number of carbonyl (C=O) groups excluding carboxylic acids is 2. The van der Waals surface area contributed by atoms with Crippen molar-refractivity contribution in [2.45, 2.75) is 84.0 Å². The van der Waals surface area contributed by atoms with Crippen molar-refractivity contribution in [3.63, 3.8) is 0 Å². The number of nitrogens with zero attached hydrogens (tertiary/aromatic N) is 3. The number of hydrogen-bond donors (Lipinski definition) is 1. The Balaban J connectivity index is 1.97. The number of ether oxygens (including phenoxy) is 2. The van der Waals surface area contributed by atoms with E-state index < -0.39 is 94.7 Å². The Bertz CT molecular complexity index is 1610. The predicted octanol–water partition coefficient (Wildman–Crippen LogP) is 8.42. The van der Waals surface area contributed by atoms with Gasteiger partial charge in [0.05, 0.1) is 17.9 Å². The van der Waals surface area contributed by atoms with Crippen LogP contribution >= 0.6 is 0 Å². The third-order valence-corrected chi connectivity index (χ3v) is 6.87. The molecule has 2 aromatic heterocycles. The summed E-state index contributed by atoms with van der Waals surface area (Å²) < 4.78 is 104. The molecule has 0 spiro atoms. The molecule has 1 aliphatic rings. The van der Waals surface area contributed by atoms with Gasteiger partial charge in [-0.2, -0.15) is 26.3 Å². The molecule has 0 aliphatic carbocycles. The molecule has 15 heteroatoms. The number of nitrogens with one attached hydrogen (secondary N) is 1. The summed E-state index contributed by atoms with van der Waals surface area (Å²) in [7, 11) is 0. The zero-order valence-electron chi connectivity index (χ0n) is 25.6. The first kappa shape index (κ1) is 34.6. The molecule has 46 heavy (non-hydrogen) atoms. The van der Waals surface area contributed by atoms with E-state index in [1.807, 2.05) is 0 Å². The van der Waals surface area contributed by atoms with Gasteiger partial charge in [0.25, 0.3) is 11.8 Å². The van der Waals surface area contributed by atoms with Gasteiger partial charge in [0, 0.05) is 12.8 Å². The number of ketones is 1. The normalized spacial score (nSPS) is 19.7. The zero-order valence-corrected chi connectivity index (χ0v) is 25.6. The summed E-state index contributed by atoms with van der Waals surface area (Å²) in [5, 5.41) is 9.40. The van der Waals surface area contributed by atoms with Gasteiger partial charge in [0.1, 0.15) is 11.3 Å². The van der Waals surface area contributed by atoms with Crippen molar-refractivity contribution >= 4 is 17.6 Å². The summed E-state index contributed by atoms with van der Waals surface area (Å²) in [6, 6.07) is 8.47. The molecule has 1 atom stereocenters. The third-order valence-electron chi connectivity index (χ3n) is 6.87. The average molecular weight is 655 g/mol. The second kappa shape index (κ2) is 12.5. The van der Waals surface area contributed by atoms with Gasteiger partial charge < -0.3 is 13.9 Å². The van der Waals surface area contributed by atoms with Crippen LogP contribution in [0.4, 0.5) is 36.8 Å². The number of pyridine rings is 1. The molecule has 3 aromatic rings. The van der Waals surface area contributed by atoms with E-state index in [0.29, 0.717) is 11.6 Å². The first-order valence-corrected chi connectivity index (χ1v) is 14.1. The monoisotopic (exact) mass is 654 g/mol. The molecule has 0 saturated heterocycles. The second-order valence-corrected chi connectivity index (χ2v) is 12.6. The molecule has 1 unspecified atom stereocenters. The topological polar surface area (TPSA) is 116 Å². The van der Waals surface area contributed by atoms with E-state index in [-0.39, 0.29) is 6.42 Å². The van der Waals surface area contributed by atoms with Crippen molar-refractivity contribution in [2.75, 3.05) is 5.32 Å². The SMILES string of the molecule is CC1(C)C/C=C/CC(OCc2ccccc2)(C(F)(F)F)c2nnc(o2)-c2nc(c(C(F)(F)F)cc2NC(=O)OC(C)(C)C)C(=O)C1. The maximum absolute atomic E-state index is 15.0. The Morgan fingerprint density at radius 2 is 1.63 bits per heavy atom. The van der Waals surface area contributed by atoms with Crippen LogP contribution in [0.25, 0.3) is 11.6 Å². The molecule has 0 radical (unpaired) electrons. The van der Waals surface area contributed by atoms with E-state index >= 15 is 13.2 Å². The number of rotatable bonds is 4. The minimum absolute atomic E-state index is 0.0208. The van der Waals surface area contributed by atoms with Gasteiger partial charge in [-0.15, -0.1) is 10.2 Å². The van der Waals surface area contributed by atoms with Crippen molar-refractivity contribution < 1.29 is 49.8 Å². The highest BCUT2D eigenvalue weighted by Gasteiger charge is 2.61. The number of allylic oxidation sites excluding steroid dienone is 1. The van der Waals surface area contributed by atoms with Crippen molar-refractivity contribution in [1.29, 1.82) is 0 Å². The Morgan fingerprint density at radius 1 is 0.978 bits per heavy atom. The van der Waals surface area contributed by atoms with Gasteiger partial charge in [-0.05, 0) is 44.2 Å². The van der Waals surface area contributed by atoms with E-state index in [1.165, 1.54) is 32.9 Å². The number of benzene rings is 1. The molecule has 4 rings (SSSR count). The fourth-order valence-corrected chi connectivity index (χ4v) is 4.65. The van der Waals surface area contributed by atoms with Crippen LogP contribution in [-0.4, -0.2) is 38.8 Å². The zero-order chi connectivity index (χ0) is 34.1. The highest BCUT2D eigenvalue weighted by atomic mass is 19.4. The van der Waals surface area contributed by atoms with Crippen LogP contribution < -0.4 is 5.32 Å². The van der Waals surface area contributed by atoms with Crippen LogP contribution in [0.1, 0.15) is 81.4 Å². The van der Waals surface area contributed by atoms with Gasteiger partial charge in [-0.3, -0.25) is 10.1 Å².